The number of halogens is 3. The molecule has 2 aromatic rings. The van der Waals surface area contributed by atoms with Gasteiger partial charge in [-0.15, -0.1) is 36.6 Å². The summed E-state index contributed by atoms with van der Waals surface area (Å²) in [7, 11) is 0. The van der Waals surface area contributed by atoms with Gasteiger partial charge in [0.05, 0.1) is 17.2 Å². The molecular formula is C19H26Cl3N3O2S. The molecule has 9 heteroatoms. The van der Waals surface area contributed by atoms with Crippen LogP contribution in [0, 0.1) is 5.92 Å². The van der Waals surface area contributed by atoms with Gasteiger partial charge in [0.2, 0.25) is 11.8 Å². The van der Waals surface area contributed by atoms with Crippen LogP contribution in [0.25, 0.3) is 11.3 Å². The predicted molar refractivity (Wildman–Crippen MR) is 121 cm³/mol. The van der Waals surface area contributed by atoms with E-state index >= 15 is 0 Å². The number of rotatable bonds is 8. The SMILES string of the molecule is CC(SCc1ncc(-c2ccc(Cl)cc2)o1)C(=O)NCCC1CCNC1.Cl.Cl. The molecular weight excluding hydrogens is 441 g/mol. The lowest BCUT2D eigenvalue weighted by Crippen LogP contribution is -2.32. The van der Waals surface area contributed by atoms with Crippen molar-refractivity contribution in [2.75, 3.05) is 19.6 Å². The number of hydrogen-bond donors (Lipinski definition) is 2. The largest absolute Gasteiger partial charge is 0.440 e. The standard InChI is InChI=1S/C19H24ClN3O2S.2ClH/c1-13(19(24)22-9-7-14-6-8-21-10-14)26-12-18-23-11-17(25-18)15-2-4-16(20)5-3-15;;/h2-5,11,13-14,21H,6-10,12H2,1H3,(H,22,24);2*1H. The molecule has 2 unspecified atom stereocenters. The van der Waals surface area contributed by atoms with Gasteiger partial charge in [0.15, 0.2) is 5.76 Å². The van der Waals surface area contributed by atoms with Gasteiger partial charge in [0.25, 0.3) is 0 Å². The highest BCUT2D eigenvalue weighted by molar-refractivity contribution is 7.99. The topological polar surface area (TPSA) is 67.2 Å². The van der Waals surface area contributed by atoms with E-state index in [4.69, 9.17) is 16.0 Å². The van der Waals surface area contributed by atoms with Gasteiger partial charge in [0.1, 0.15) is 0 Å². The van der Waals surface area contributed by atoms with Crippen LogP contribution in [0.4, 0.5) is 0 Å². The molecule has 1 aliphatic heterocycles. The van der Waals surface area contributed by atoms with E-state index in [0.717, 1.165) is 31.6 Å². The van der Waals surface area contributed by atoms with Gasteiger partial charge in [-0.25, -0.2) is 4.98 Å². The molecule has 0 aliphatic carbocycles. The summed E-state index contributed by atoms with van der Waals surface area (Å²) >= 11 is 7.43. The Hall–Kier alpha value is -0.920. The molecule has 1 aromatic heterocycles. The number of carbonyl (C=O) groups excluding carboxylic acids is 1. The van der Waals surface area contributed by atoms with E-state index in [1.807, 2.05) is 31.2 Å². The molecule has 2 atom stereocenters. The lowest BCUT2D eigenvalue weighted by molar-refractivity contribution is -0.120. The zero-order chi connectivity index (χ0) is 18.4. The third kappa shape index (κ3) is 7.48. The minimum Gasteiger partial charge on any atom is -0.440 e. The molecule has 0 spiro atoms. The number of carbonyl (C=O) groups is 1. The van der Waals surface area contributed by atoms with Gasteiger partial charge in [-0.1, -0.05) is 11.6 Å². The molecule has 0 bridgehead atoms. The predicted octanol–water partition coefficient (Wildman–Crippen LogP) is 4.58. The molecule has 156 valence electrons. The second-order valence-electron chi connectivity index (χ2n) is 6.52. The molecule has 28 heavy (non-hydrogen) atoms. The highest BCUT2D eigenvalue weighted by atomic mass is 35.5. The lowest BCUT2D eigenvalue weighted by atomic mass is 10.1. The number of amides is 1. The molecule has 2 heterocycles. The quantitative estimate of drug-likeness (QED) is 0.596. The van der Waals surface area contributed by atoms with E-state index < -0.39 is 0 Å². The van der Waals surface area contributed by atoms with Crippen molar-refractivity contribution >= 4 is 54.1 Å². The summed E-state index contributed by atoms with van der Waals surface area (Å²) in [6, 6.07) is 7.44. The monoisotopic (exact) mass is 465 g/mol. The van der Waals surface area contributed by atoms with Crippen molar-refractivity contribution in [1.29, 1.82) is 0 Å². The van der Waals surface area contributed by atoms with Gasteiger partial charge in [-0.05, 0) is 63.0 Å². The van der Waals surface area contributed by atoms with E-state index in [1.165, 1.54) is 18.2 Å². The van der Waals surface area contributed by atoms with Crippen molar-refractivity contribution in [1.82, 2.24) is 15.6 Å². The molecule has 1 amide bonds. The fraction of sp³-hybridized carbons (Fsp3) is 0.474. The van der Waals surface area contributed by atoms with Crippen LogP contribution in [0.15, 0.2) is 34.9 Å². The maximum atomic E-state index is 12.2. The Kier molecular flexibility index (Phi) is 11.3. The van der Waals surface area contributed by atoms with Crippen LogP contribution >= 0.6 is 48.2 Å². The Labute approximate surface area is 187 Å². The summed E-state index contributed by atoms with van der Waals surface area (Å²) in [4.78, 5) is 16.5. The van der Waals surface area contributed by atoms with Crippen molar-refractivity contribution in [3.8, 4) is 11.3 Å². The van der Waals surface area contributed by atoms with Crippen LogP contribution in [-0.4, -0.2) is 35.8 Å². The van der Waals surface area contributed by atoms with Crippen LogP contribution in [0.3, 0.4) is 0 Å². The van der Waals surface area contributed by atoms with E-state index in [1.54, 1.807) is 6.20 Å². The summed E-state index contributed by atoms with van der Waals surface area (Å²) < 4.78 is 5.77. The molecule has 1 saturated heterocycles. The van der Waals surface area contributed by atoms with Crippen molar-refractivity contribution in [2.24, 2.45) is 5.92 Å². The number of aromatic nitrogens is 1. The summed E-state index contributed by atoms with van der Waals surface area (Å²) in [6.45, 7) is 4.83. The first-order chi connectivity index (χ1) is 12.6. The molecule has 0 radical (unpaired) electrons. The zero-order valence-corrected chi connectivity index (χ0v) is 18.9. The lowest BCUT2D eigenvalue weighted by Gasteiger charge is -2.13. The van der Waals surface area contributed by atoms with Crippen LogP contribution in [0.1, 0.15) is 25.7 Å². The first kappa shape index (κ1) is 25.1. The second kappa shape index (κ2) is 12.6. The number of thioether (sulfide) groups is 1. The smallest absolute Gasteiger partial charge is 0.232 e. The summed E-state index contributed by atoms with van der Waals surface area (Å²) in [5, 5.41) is 6.93. The molecule has 2 N–H and O–H groups in total. The number of oxazole rings is 1. The third-order valence-electron chi connectivity index (χ3n) is 4.52. The highest BCUT2D eigenvalue weighted by Gasteiger charge is 2.17. The van der Waals surface area contributed by atoms with E-state index in [2.05, 4.69) is 15.6 Å². The van der Waals surface area contributed by atoms with E-state index in [0.29, 0.717) is 28.3 Å². The molecule has 5 nitrogen and oxygen atoms in total. The molecule has 1 aromatic carbocycles. The van der Waals surface area contributed by atoms with Crippen LogP contribution in [-0.2, 0) is 10.5 Å². The first-order valence-corrected chi connectivity index (χ1v) is 10.3. The normalized spacial score (nSPS) is 16.7. The average Bonchev–Trinajstić information content (AvgIpc) is 3.32. The van der Waals surface area contributed by atoms with Gasteiger partial charge >= 0.3 is 0 Å². The fourth-order valence-electron chi connectivity index (χ4n) is 2.90. The Morgan fingerprint density at radius 1 is 1.39 bits per heavy atom. The summed E-state index contributed by atoms with van der Waals surface area (Å²) in [6.07, 6.45) is 3.96. The van der Waals surface area contributed by atoms with Crippen molar-refractivity contribution < 1.29 is 9.21 Å². The van der Waals surface area contributed by atoms with Gasteiger partial charge in [-0.3, -0.25) is 4.79 Å². The van der Waals surface area contributed by atoms with Crippen molar-refractivity contribution in [3.63, 3.8) is 0 Å². The molecule has 0 saturated carbocycles. The molecule has 3 rings (SSSR count). The first-order valence-electron chi connectivity index (χ1n) is 8.92. The Balaban J connectivity index is 0.00000196. The number of hydrogen-bond acceptors (Lipinski definition) is 5. The van der Waals surface area contributed by atoms with Gasteiger partial charge < -0.3 is 15.1 Å². The fourth-order valence-corrected chi connectivity index (χ4v) is 3.79. The number of benzene rings is 1. The van der Waals surface area contributed by atoms with Crippen molar-refractivity contribution in [2.45, 2.75) is 30.8 Å². The van der Waals surface area contributed by atoms with Crippen LogP contribution in [0.2, 0.25) is 5.02 Å². The van der Waals surface area contributed by atoms with Crippen LogP contribution < -0.4 is 10.6 Å². The minimum absolute atomic E-state index is 0. The van der Waals surface area contributed by atoms with Gasteiger partial charge in [-0.2, -0.15) is 0 Å². The minimum atomic E-state index is -0.136. The zero-order valence-electron chi connectivity index (χ0n) is 15.7. The maximum absolute atomic E-state index is 12.2. The summed E-state index contributed by atoms with van der Waals surface area (Å²) in [5.74, 6) is 2.66. The number of nitrogens with one attached hydrogen (secondary N) is 2. The van der Waals surface area contributed by atoms with E-state index in [-0.39, 0.29) is 36.0 Å². The van der Waals surface area contributed by atoms with Crippen LogP contribution in [0.5, 0.6) is 0 Å². The molecule has 1 fully saturated rings. The number of nitrogens with zero attached hydrogens (tertiary/aromatic N) is 1. The van der Waals surface area contributed by atoms with Gasteiger partial charge in [0, 0.05) is 17.1 Å². The Bertz CT molecular complexity index is 721. The van der Waals surface area contributed by atoms with E-state index in [9.17, 15) is 4.79 Å². The summed E-state index contributed by atoms with van der Waals surface area (Å²) in [5.41, 5.74) is 0.936. The Morgan fingerprint density at radius 3 is 2.82 bits per heavy atom. The second-order valence-corrected chi connectivity index (χ2v) is 8.28. The maximum Gasteiger partial charge on any atom is 0.232 e. The Morgan fingerprint density at radius 2 is 2.14 bits per heavy atom. The third-order valence-corrected chi connectivity index (χ3v) is 5.90. The van der Waals surface area contributed by atoms with Crippen molar-refractivity contribution in [3.05, 3.63) is 41.4 Å². The average molecular weight is 467 g/mol. The highest BCUT2D eigenvalue weighted by Crippen LogP contribution is 2.25. The molecule has 1 aliphatic rings.